The van der Waals surface area contributed by atoms with E-state index in [1.807, 2.05) is 32.9 Å². The summed E-state index contributed by atoms with van der Waals surface area (Å²) >= 11 is 0. The maximum atomic E-state index is 11.9. The summed E-state index contributed by atoms with van der Waals surface area (Å²) in [6, 6.07) is 19.3. The highest BCUT2D eigenvalue weighted by molar-refractivity contribution is 5.78. The van der Waals surface area contributed by atoms with Gasteiger partial charge in [0.1, 0.15) is 5.75 Å². The van der Waals surface area contributed by atoms with Gasteiger partial charge in [-0.2, -0.15) is 0 Å². The van der Waals surface area contributed by atoms with Gasteiger partial charge in [0.05, 0.1) is 0 Å². The molecule has 5 nitrogen and oxygen atoms in total. The van der Waals surface area contributed by atoms with Gasteiger partial charge >= 0.3 is 0 Å². The molecule has 30 heavy (non-hydrogen) atoms. The molecule has 0 aromatic heterocycles. The van der Waals surface area contributed by atoms with Crippen LogP contribution in [0.3, 0.4) is 0 Å². The molecular weight excluding hydrogens is 374 g/mol. The lowest BCUT2D eigenvalue weighted by Crippen LogP contribution is -2.43. The molecule has 0 spiro atoms. The van der Waals surface area contributed by atoms with E-state index in [-0.39, 0.29) is 18.1 Å². The predicted molar refractivity (Wildman–Crippen MR) is 121 cm³/mol. The van der Waals surface area contributed by atoms with Crippen LogP contribution in [-0.2, 0) is 17.9 Å². The van der Waals surface area contributed by atoms with Crippen LogP contribution in [0.1, 0.15) is 44.7 Å². The Bertz CT molecular complexity index is 776. The molecule has 1 amide bonds. The molecule has 0 radical (unpaired) electrons. The Morgan fingerprint density at radius 2 is 1.67 bits per heavy atom. The maximum Gasteiger partial charge on any atom is 0.258 e. The summed E-state index contributed by atoms with van der Waals surface area (Å²) in [6.07, 6.45) is 2.35. The number of benzene rings is 2. The van der Waals surface area contributed by atoms with Gasteiger partial charge in [0.15, 0.2) is 6.61 Å². The van der Waals surface area contributed by atoms with E-state index in [1.165, 1.54) is 24.0 Å². The summed E-state index contributed by atoms with van der Waals surface area (Å²) in [5, 5.41) is 6.58. The molecule has 2 N–H and O–H groups in total. The largest absolute Gasteiger partial charge is 0.484 e. The van der Waals surface area contributed by atoms with E-state index in [4.69, 9.17) is 4.74 Å². The average Bonchev–Trinajstić information content (AvgIpc) is 2.72. The van der Waals surface area contributed by atoms with E-state index in [1.54, 1.807) is 0 Å². The molecule has 0 bridgehead atoms. The monoisotopic (exact) mass is 409 g/mol. The van der Waals surface area contributed by atoms with Crippen LogP contribution in [0.4, 0.5) is 0 Å². The van der Waals surface area contributed by atoms with Crippen LogP contribution in [0, 0.1) is 0 Å². The zero-order valence-corrected chi connectivity index (χ0v) is 18.5. The van der Waals surface area contributed by atoms with E-state index in [0.717, 1.165) is 31.9 Å². The number of carbonyl (C=O) groups excluding carboxylic acids is 1. The highest BCUT2D eigenvalue weighted by atomic mass is 16.5. The number of hydrogen-bond donors (Lipinski definition) is 2. The number of ether oxygens (including phenoxy) is 1. The van der Waals surface area contributed by atoms with Gasteiger partial charge in [0.25, 0.3) is 5.91 Å². The van der Waals surface area contributed by atoms with Gasteiger partial charge in [-0.25, -0.2) is 0 Å². The number of piperidine rings is 1. The van der Waals surface area contributed by atoms with Crippen molar-refractivity contribution in [2.45, 2.75) is 58.3 Å². The van der Waals surface area contributed by atoms with Crippen LogP contribution < -0.4 is 15.4 Å². The molecule has 3 rings (SSSR count). The van der Waals surface area contributed by atoms with Crippen LogP contribution in [-0.4, -0.2) is 42.1 Å². The minimum absolute atomic E-state index is 0.0381. The molecular formula is C25H35N3O2. The molecule has 0 unspecified atom stereocenters. The first-order valence-corrected chi connectivity index (χ1v) is 10.9. The van der Waals surface area contributed by atoms with Crippen LogP contribution >= 0.6 is 0 Å². The highest BCUT2D eigenvalue weighted by Crippen LogP contribution is 2.16. The molecule has 1 saturated heterocycles. The molecule has 1 heterocycles. The number of rotatable bonds is 8. The second-order valence-corrected chi connectivity index (χ2v) is 9.15. The summed E-state index contributed by atoms with van der Waals surface area (Å²) in [4.78, 5) is 14.4. The highest BCUT2D eigenvalue weighted by Gasteiger charge is 2.18. The molecule has 2 aromatic rings. The van der Waals surface area contributed by atoms with Crippen LogP contribution in [0.5, 0.6) is 5.75 Å². The molecule has 5 heteroatoms. The maximum absolute atomic E-state index is 11.9. The lowest BCUT2D eigenvalue weighted by molar-refractivity contribution is -0.124. The van der Waals surface area contributed by atoms with Crippen molar-refractivity contribution >= 4 is 5.91 Å². The smallest absolute Gasteiger partial charge is 0.258 e. The number of nitrogens with zero attached hydrogens (tertiary/aromatic N) is 1. The number of carbonyl (C=O) groups is 1. The zero-order valence-electron chi connectivity index (χ0n) is 18.5. The summed E-state index contributed by atoms with van der Waals surface area (Å²) in [7, 11) is 0. The SMILES string of the molecule is CC(C)(C)NC(=O)COc1ccc(CNC2CCN(Cc3ccccc3)CC2)cc1. The first kappa shape index (κ1) is 22.3. The van der Waals surface area contributed by atoms with E-state index in [9.17, 15) is 4.79 Å². The molecule has 1 aliphatic rings. The van der Waals surface area contributed by atoms with Crippen molar-refractivity contribution in [1.82, 2.24) is 15.5 Å². The fraction of sp³-hybridized carbons (Fsp3) is 0.480. The van der Waals surface area contributed by atoms with E-state index >= 15 is 0 Å². The first-order valence-electron chi connectivity index (χ1n) is 10.9. The Morgan fingerprint density at radius 1 is 1.00 bits per heavy atom. The predicted octanol–water partition coefficient (Wildman–Crippen LogP) is 3.73. The van der Waals surface area contributed by atoms with Gasteiger partial charge in [-0.05, 0) is 70.0 Å². The number of hydrogen-bond acceptors (Lipinski definition) is 4. The fourth-order valence-electron chi connectivity index (χ4n) is 3.71. The second kappa shape index (κ2) is 10.6. The van der Waals surface area contributed by atoms with Crippen molar-refractivity contribution in [3.63, 3.8) is 0 Å². The molecule has 0 atom stereocenters. The Hall–Kier alpha value is -2.37. The van der Waals surface area contributed by atoms with Crippen molar-refractivity contribution in [2.24, 2.45) is 0 Å². The van der Waals surface area contributed by atoms with Gasteiger partial charge in [-0.3, -0.25) is 9.69 Å². The summed E-state index contributed by atoms with van der Waals surface area (Å²) in [6.45, 7) is 10.1. The average molecular weight is 410 g/mol. The Kier molecular flexibility index (Phi) is 7.88. The summed E-state index contributed by atoms with van der Waals surface area (Å²) in [5.74, 6) is 0.615. The van der Waals surface area contributed by atoms with Crippen molar-refractivity contribution in [1.29, 1.82) is 0 Å². The minimum Gasteiger partial charge on any atom is -0.484 e. The van der Waals surface area contributed by atoms with E-state index in [2.05, 4.69) is 58.0 Å². The molecule has 1 fully saturated rings. The van der Waals surface area contributed by atoms with Crippen molar-refractivity contribution < 1.29 is 9.53 Å². The van der Waals surface area contributed by atoms with E-state index in [0.29, 0.717) is 6.04 Å². The summed E-state index contributed by atoms with van der Waals surface area (Å²) < 4.78 is 5.59. The third-order valence-corrected chi connectivity index (χ3v) is 5.24. The second-order valence-electron chi connectivity index (χ2n) is 9.15. The Labute approximate surface area is 180 Å². The van der Waals surface area contributed by atoms with E-state index < -0.39 is 0 Å². The van der Waals surface area contributed by atoms with Crippen molar-refractivity contribution in [2.75, 3.05) is 19.7 Å². The first-order chi connectivity index (χ1) is 14.4. The van der Waals surface area contributed by atoms with Crippen LogP contribution in [0.15, 0.2) is 54.6 Å². The third-order valence-electron chi connectivity index (χ3n) is 5.24. The van der Waals surface area contributed by atoms with Crippen molar-refractivity contribution in [3.8, 4) is 5.75 Å². The normalized spacial score (nSPS) is 15.7. The minimum atomic E-state index is -0.242. The van der Waals surface area contributed by atoms with Gasteiger partial charge < -0.3 is 15.4 Å². The van der Waals surface area contributed by atoms with Crippen LogP contribution in [0.25, 0.3) is 0 Å². The Balaban J connectivity index is 1.35. The van der Waals surface area contributed by atoms with Gasteiger partial charge in [0, 0.05) is 24.7 Å². The molecule has 162 valence electrons. The topological polar surface area (TPSA) is 53.6 Å². The standard InChI is InChI=1S/C25H35N3O2/c1-25(2,3)27-24(29)19-30-23-11-9-20(10-12-23)17-26-22-13-15-28(16-14-22)18-21-7-5-4-6-8-21/h4-12,22,26H,13-19H2,1-3H3,(H,27,29). The molecule has 0 aliphatic carbocycles. The lowest BCUT2D eigenvalue weighted by Gasteiger charge is -2.32. The fourth-order valence-corrected chi connectivity index (χ4v) is 3.71. The molecule has 1 aliphatic heterocycles. The Morgan fingerprint density at radius 3 is 2.30 bits per heavy atom. The quantitative estimate of drug-likeness (QED) is 0.698. The third kappa shape index (κ3) is 7.81. The molecule has 2 aromatic carbocycles. The van der Waals surface area contributed by atoms with Gasteiger partial charge in [0.2, 0.25) is 0 Å². The summed E-state index contributed by atoms with van der Waals surface area (Å²) in [5.41, 5.74) is 2.38. The van der Waals surface area contributed by atoms with Gasteiger partial charge in [-0.15, -0.1) is 0 Å². The number of amides is 1. The van der Waals surface area contributed by atoms with Crippen molar-refractivity contribution in [3.05, 3.63) is 65.7 Å². The molecule has 0 saturated carbocycles. The van der Waals surface area contributed by atoms with Gasteiger partial charge in [-0.1, -0.05) is 42.5 Å². The number of likely N-dealkylation sites (tertiary alicyclic amines) is 1. The van der Waals surface area contributed by atoms with Crippen LogP contribution in [0.2, 0.25) is 0 Å². The lowest BCUT2D eigenvalue weighted by atomic mass is 10.0. The zero-order chi connectivity index (χ0) is 21.4. The number of nitrogens with one attached hydrogen (secondary N) is 2.